The van der Waals surface area contributed by atoms with E-state index in [9.17, 15) is 18.8 Å². The number of nitrogens with one attached hydrogen (secondary N) is 2. The van der Waals surface area contributed by atoms with E-state index in [1.165, 1.54) is 19.2 Å². The molecule has 1 aliphatic rings. The number of para-hydroxylation sites is 1. The number of nitrogens with zero attached hydrogens (tertiary/aromatic N) is 1. The highest BCUT2D eigenvalue weighted by molar-refractivity contribution is 6.17. The van der Waals surface area contributed by atoms with Gasteiger partial charge in [-0.3, -0.25) is 19.3 Å². The molecule has 7 nitrogen and oxygen atoms in total. The Morgan fingerprint density at radius 1 is 1.36 bits per heavy atom. The Kier molecular flexibility index (Phi) is 4.52. The molecule has 0 fully saturated rings. The van der Waals surface area contributed by atoms with Crippen LogP contribution in [0.4, 0.5) is 10.1 Å². The highest BCUT2D eigenvalue weighted by Crippen LogP contribution is 2.24. The highest BCUT2D eigenvalue weighted by atomic mass is 19.1. The third kappa shape index (κ3) is 2.82. The van der Waals surface area contributed by atoms with Gasteiger partial charge >= 0.3 is 0 Å². The van der Waals surface area contributed by atoms with Gasteiger partial charge in [0.25, 0.3) is 17.7 Å². The Morgan fingerprint density at radius 2 is 2.09 bits per heavy atom. The molecule has 1 aromatic carbocycles. The van der Waals surface area contributed by atoms with Crippen molar-refractivity contribution in [2.45, 2.75) is 0 Å². The van der Waals surface area contributed by atoms with Crippen molar-refractivity contribution in [3.8, 4) is 0 Å². The van der Waals surface area contributed by atoms with Crippen LogP contribution in [0.5, 0.6) is 0 Å². The molecule has 0 unspecified atom stereocenters. The van der Waals surface area contributed by atoms with Crippen molar-refractivity contribution in [1.82, 2.24) is 10.2 Å². The molecule has 0 aliphatic carbocycles. The molecule has 22 heavy (non-hydrogen) atoms. The fourth-order valence-corrected chi connectivity index (χ4v) is 2.02. The van der Waals surface area contributed by atoms with E-state index in [-0.39, 0.29) is 30.1 Å². The molecule has 116 valence electrons. The first-order valence-corrected chi connectivity index (χ1v) is 6.45. The minimum absolute atomic E-state index is 0.00394. The smallest absolute Gasteiger partial charge is 0.277 e. The molecule has 8 heteroatoms. The monoisotopic (exact) mass is 307 g/mol. The number of carbonyl (C=O) groups excluding carboxylic acids is 3. The quantitative estimate of drug-likeness (QED) is 0.657. The molecule has 1 aromatic rings. The van der Waals surface area contributed by atoms with E-state index in [2.05, 4.69) is 10.6 Å². The summed E-state index contributed by atoms with van der Waals surface area (Å²) < 4.78 is 14.0. The van der Waals surface area contributed by atoms with Gasteiger partial charge < -0.3 is 15.7 Å². The number of imide groups is 1. The molecule has 0 atom stereocenters. The lowest BCUT2D eigenvalue weighted by Gasteiger charge is -2.15. The molecular formula is C14H14FN3O4. The number of hydrogen-bond acceptors (Lipinski definition) is 5. The average Bonchev–Trinajstić information content (AvgIpc) is 2.76. The number of aliphatic hydroxyl groups excluding tert-OH is 1. The van der Waals surface area contributed by atoms with Crippen molar-refractivity contribution < 1.29 is 23.9 Å². The number of hydrogen-bond donors (Lipinski definition) is 3. The van der Waals surface area contributed by atoms with Crippen LogP contribution in [0.25, 0.3) is 0 Å². The average molecular weight is 307 g/mol. The maximum Gasteiger partial charge on any atom is 0.277 e. The molecule has 0 bridgehead atoms. The van der Waals surface area contributed by atoms with Crippen LogP contribution in [0.2, 0.25) is 0 Å². The number of carbonyl (C=O) groups is 3. The van der Waals surface area contributed by atoms with E-state index in [1.54, 1.807) is 0 Å². The largest absolute Gasteiger partial charge is 0.395 e. The van der Waals surface area contributed by atoms with Gasteiger partial charge in [-0.2, -0.15) is 0 Å². The van der Waals surface area contributed by atoms with Gasteiger partial charge in [0.1, 0.15) is 11.5 Å². The van der Waals surface area contributed by atoms with E-state index < -0.39 is 23.5 Å². The van der Waals surface area contributed by atoms with Crippen LogP contribution in [0, 0.1) is 5.82 Å². The Bertz CT molecular complexity index is 672. The van der Waals surface area contributed by atoms with E-state index in [4.69, 9.17) is 5.11 Å². The summed E-state index contributed by atoms with van der Waals surface area (Å²) in [7, 11) is 1.39. The van der Waals surface area contributed by atoms with Crippen LogP contribution in [-0.2, 0) is 9.59 Å². The van der Waals surface area contributed by atoms with Crippen LogP contribution in [-0.4, -0.2) is 47.9 Å². The van der Waals surface area contributed by atoms with Crippen molar-refractivity contribution in [2.75, 3.05) is 25.5 Å². The zero-order valence-corrected chi connectivity index (χ0v) is 11.7. The van der Waals surface area contributed by atoms with E-state index in [1.807, 2.05) is 0 Å². The Labute approximate surface area is 125 Å². The van der Waals surface area contributed by atoms with Crippen molar-refractivity contribution in [2.24, 2.45) is 0 Å². The molecule has 1 heterocycles. The number of aliphatic hydroxyl groups is 1. The standard InChI is InChI=1S/C14H14FN3O4/c1-16-13(21)8-3-2-4-9(15)12(8)17-10-7-11(20)18(5-6-19)14(10)22/h2-4,7,17,19H,5-6H2,1H3,(H,16,21). The zero-order valence-electron chi connectivity index (χ0n) is 11.7. The van der Waals surface area contributed by atoms with Crippen LogP contribution in [0.3, 0.4) is 0 Å². The number of amides is 3. The summed E-state index contributed by atoms with van der Waals surface area (Å²) in [6, 6.07) is 3.87. The van der Waals surface area contributed by atoms with E-state index in [0.29, 0.717) is 0 Å². The molecule has 1 aliphatic heterocycles. The summed E-state index contributed by atoms with van der Waals surface area (Å²) in [5.74, 6) is -2.57. The maximum atomic E-state index is 14.0. The summed E-state index contributed by atoms with van der Waals surface area (Å²) in [6.07, 6.45) is 0.998. The van der Waals surface area contributed by atoms with Crippen molar-refractivity contribution >= 4 is 23.4 Å². The second-order valence-corrected chi connectivity index (χ2v) is 4.44. The number of benzene rings is 1. The molecule has 3 amide bonds. The van der Waals surface area contributed by atoms with Crippen molar-refractivity contribution in [1.29, 1.82) is 0 Å². The van der Waals surface area contributed by atoms with Gasteiger partial charge in [0, 0.05) is 13.1 Å². The lowest BCUT2D eigenvalue weighted by atomic mass is 10.1. The lowest BCUT2D eigenvalue weighted by Crippen LogP contribution is -2.34. The highest BCUT2D eigenvalue weighted by Gasteiger charge is 2.31. The molecule has 2 rings (SSSR count). The summed E-state index contributed by atoms with van der Waals surface area (Å²) >= 11 is 0. The van der Waals surface area contributed by atoms with Crippen LogP contribution in [0.1, 0.15) is 10.4 Å². The maximum absolute atomic E-state index is 14.0. The summed E-state index contributed by atoms with van der Waals surface area (Å²) in [6.45, 7) is -0.527. The zero-order chi connectivity index (χ0) is 16.3. The van der Waals surface area contributed by atoms with Gasteiger partial charge in [-0.25, -0.2) is 4.39 Å². The molecule has 0 radical (unpaired) electrons. The van der Waals surface area contributed by atoms with Crippen molar-refractivity contribution in [3.05, 3.63) is 41.4 Å². The van der Waals surface area contributed by atoms with Crippen LogP contribution < -0.4 is 10.6 Å². The van der Waals surface area contributed by atoms with Gasteiger partial charge in [-0.15, -0.1) is 0 Å². The van der Waals surface area contributed by atoms with E-state index in [0.717, 1.165) is 17.0 Å². The first-order valence-electron chi connectivity index (χ1n) is 6.45. The molecule has 0 saturated carbocycles. The van der Waals surface area contributed by atoms with Gasteiger partial charge in [-0.05, 0) is 12.1 Å². The third-order valence-electron chi connectivity index (χ3n) is 3.08. The molecular weight excluding hydrogens is 293 g/mol. The molecule has 3 N–H and O–H groups in total. The molecule has 0 saturated heterocycles. The SMILES string of the molecule is CNC(=O)c1cccc(F)c1NC1=CC(=O)N(CCO)C1=O. The molecule has 0 aromatic heterocycles. The van der Waals surface area contributed by atoms with Gasteiger partial charge in [-0.1, -0.05) is 6.07 Å². The van der Waals surface area contributed by atoms with E-state index >= 15 is 0 Å². The first-order chi connectivity index (χ1) is 10.5. The Hall–Kier alpha value is -2.74. The lowest BCUT2D eigenvalue weighted by molar-refractivity contribution is -0.137. The minimum Gasteiger partial charge on any atom is -0.395 e. The van der Waals surface area contributed by atoms with Crippen molar-refractivity contribution in [3.63, 3.8) is 0 Å². The van der Waals surface area contributed by atoms with Gasteiger partial charge in [0.05, 0.1) is 24.4 Å². The second-order valence-electron chi connectivity index (χ2n) is 4.44. The summed E-state index contributed by atoms with van der Waals surface area (Å²) in [5.41, 5.74) is -0.349. The topological polar surface area (TPSA) is 98.7 Å². The number of halogens is 1. The Balaban J connectivity index is 2.32. The molecule has 0 spiro atoms. The first kappa shape index (κ1) is 15.6. The third-order valence-corrected chi connectivity index (χ3v) is 3.08. The summed E-state index contributed by atoms with van der Waals surface area (Å²) in [4.78, 5) is 36.2. The summed E-state index contributed by atoms with van der Waals surface area (Å²) in [5, 5.41) is 13.7. The normalized spacial score (nSPS) is 14.1. The van der Waals surface area contributed by atoms with Crippen LogP contribution >= 0.6 is 0 Å². The van der Waals surface area contributed by atoms with Crippen LogP contribution in [0.15, 0.2) is 30.0 Å². The fourth-order valence-electron chi connectivity index (χ4n) is 2.02. The number of rotatable bonds is 5. The minimum atomic E-state index is -0.733. The van der Waals surface area contributed by atoms with Gasteiger partial charge in [0.2, 0.25) is 0 Å². The second kappa shape index (κ2) is 6.35. The predicted molar refractivity (Wildman–Crippen MR) is 75.3 cm³/mol. The predicted octanol–water partition coefficient (Wildman–Crippen LogP) is -0.158. The Morgan fingerprint density at radius 3 is 2.73 bits per heavy atom. The van der Waals surface area contributed by atoms with Gasteiger partial charge in [0.15, 0.2) is 0 Å². The fraction of sp³-hybridized carbons (Fsp3) is 0.214. The number of anilines is 1. The number of β-amino-alcohol motifs (C(OH)–C–C–N with tert-alkyl or cyclic N) is 1.